The third-order valence-corrected chi connectivity index (χ3v) is 2.07. The Bertz CT molecular complexity index is 412. The minimum atomic E-state index is -0.179. The molecule has 0 spiro atoms. The van der Waals surface area contributed by atoms with Crippen LogP contribution in [0, 0.1) is 11.3 Å². The molecule has 0 aliphatic carbocycles. The number of anilines is 1. The van der Waals surface area contributed by atoms with Gasteiger partial charge in [0, 0.05) is 24.8 Å². The lowest BCUT2D eigenvalue weighted by Gasteiger charge is -2.05. The first-order valence-corrected chi connectivity index (χ1v) is 5.52. The Morgan fingerprint density at radius 2 is 2.47 bits per heavy atom. The molecule has 5 heteroatoms. The lowest BCUT2D eigenvalue weighted by Crippen LogP contribution is -2.08. The molecular formula is C12H15N3O2. The van der Waals surface area contributed by atoms with Gasteiger partial charge in [0.05, 0.1) is 6.61 Å². The number of hydrogen-bond donors (Lipinski definition) is 1. The van der Waals surface area contributed by atoms with Crippen molar-refractivity contribution in [2.75, 3.05) is 18.5 Å². The molecule has 17 heavy (non-hydrogen) atoms. The average Bonchev–Trinajstić information content (AvgIpc) is 2.35. The van der Waals surface area contributed by atoms with Crippen LogP contribution in [-0.4, -0.2) is 24.1 Å². The van der Waals surface area contributed by atoms with Gasteiger partial charge in [0.1, 0.15) is 11.8 Å². The number of nitrogens with one attached hydrogen (secondary N) is 1. The van der Waals surface area contributed by atoms with E-state index in [1.165, 1.54) is 0 Å². The Balaban J connectivity index is 2.27. The first kappa shape index (κ1) is 13.0. The van der Waals surface area contributed by atoms with Gasteiger partial charge in [-0.15, -0.1) is 0 Å². The van der Waals surface area contributed by atoms with Gasteiger partial charge in [-0.2, -0.15) is 5.26 Å². The minimum Gasteiger partial charge on any atom is -0.466 e. The van der Waals surface area contributed by atoms with Crippen molar-refractivity contribution in [2.24, 2.45) is 0 Å². The number of rotatable bonds is 6. The predicted molar refractivity (Wildman–Crippen MR) is 63.3 cm³/mol. The average molecular weight is 233 g/mol. The molecule has 0 saturated carbocycles. The zero-order valence-corrected chi connectivity index (χ0v) is 9.77. The maximum absolute atomic E-state index is 11.1. The molecular weight excluding hydrogens is 218 g/mol. The first-order valence-electron chi connectivity index (χ1n) is 5.52. The van der Waals surface area contributed by atoms with Gasteiger partial charge >= 0.3 is 5.97 Å². The highest BCUT2D eigenvalue weighted by molar-refractivity contribution is 5.69. The van der Waals surface area contributed by atoms with Crippen molar-refractivity contribution in [1.29, 1.82) is 5.26 Å². The highest BCUT2D eigenvalue weighted by Crippen LogP contribution is 2.07. The summed E-state index contributed by atoms with van der Waals surface area (Å²) in [7, 11) is 0. The highest BCUT2D eigenvalue weighted by Gasteiger charge is 2.01. The molecule has 1 rings (SSSR count). The maximum Gasteiger partial charge on any atom is 0.305 e. The second kappa shape index (κ2) is 7.23. The number of aromatic nitrogens is 1. The maximum atomic E-state index is 11.1. The van der Waals surface area contributed by atoms with Crippen LogP contribution in [0.25, 0.3) is 0 Å². The second-order valence-corrected chi connectivity index (χ2v) is 3.38. The third-order valence-electron chi connectivity index (χ3n) is 2.07. The molecule has 0 aromatic carbocycles. The molecule has 90 valence electrons. The number of esters is 1. The van der Waals surface area contributed by atoms with Crippen LogP contribution in [0.4, 0.5) is 5.69 Å². The number of pyridine rings is 1. The number of ether oxygens (including phenoxy) is 1. The van der Waals surface area contributed by atoms with E-state index in [1.54, 1.807) is 25.3 Å². The molecule has 1 heterocycles. The van der Waals surface area contributed by atoms with E-state index in [0.29, 0.717) is 31.7 Å². The van der Waals surface area contributed by atoms with E-state index in [-0.39, 0.29) is 5.97 Å². The Kier molecular flexibility index (Phi) is 5.52. The lowest BCUT2D eigenvalue weighted by molar-refractivity contribution is -0.143. The van der Waals surface area contributed by atoms with E-state index in [0.717, 1.165) is 5.69 Å². The van der Waals surface area contributed by atoms with Gasteiger partial charge in [-0.25, -0.2) is 4.98 Å². The predicted octanol–water partition coefficient (Wildman–Crippen LogP) is 1.71. The van der Waals surface area contributed by atoms with Crippen LogP contribution in [-0.2, 0) is 9.53 Å². The van der Waals surface area contributed by atoms with Crippen molar-refractivity contribution < 1.29 is 9.53 Å². The summed E-state index contributed by atoms with van der Waals surface area (Å²) in [6, 6.07) is 5.42. The molecule has 5 nitrogen and oxygen atoms in total. The number of nitrogens with zero attached hydrogens (tertiary/aromatic N) is 2. The van der Waals surface area contributed by atoms with Crippen LogP contribution in [0.15, 0.2) is 18.3 Å². The summed E-state index contributed by atoms with van der Waals surface area (Å²) in [4.78, 5) is 14.9. The molecule has 0 fully saturated rings. The van der Waals surface area contributed by atoms with Crippen LogP contribution in [0.1, 0.15) is 25.5 Å². The Morgan fingerprint density at radius 3 is 3.18 bits per heavy atom. The van der Waals surface area contributed by atoms with E-state index >= 15 is 0 Å². The number of carbonyl (C=O) groups excluding carboxylic acids is 1. The van der Waals surface area contributed by atoms with Crippen LogP contribution in [0.3, 0.4) is 0 Å². The number of nitriles is 1. The standard InChI is InChI=1S/C12H15N3O2/c1-2-17-12(16)4-3-6-14-10-5-7-15-11(8-10)9-13/h5,7-8H,2-4,6H2,1H3,(H,14,15). The van der Waals surface area contributed by atoms with Gasteiger partial charge in [-0.3, -0.25) is 4.79 Å². The Morgan fingerprint density at radius 1 is 1.65 bits per heavy atom. The van der Waals surface area contributed by atoms with E-state index in [9.17, 15) is 4.79 Å². The Labute approximate surface area is 100 Å². The summed E-state index contributed by atoms with van der Waals surface area (Å²) in [5.74, 6) is -0.179. The van der Waals surface area contributed by atoms with Crippen LogP contribution >= 0.6 is 0 Å². The summed E-state index contributed by atoms with van der Waals surface area (Å²) in [6.07, 6.45) is 2.67. The monoisotopic (exact) mass is 233 g/mol. The van der Waals surface area contributed by atoms with Crippen molar-refractivity contribution in [3.8, 4) is 6.07 Å². The summed E-state index contributed by atoms with van der Waals surface area (Å²) < 4.78 is 4.81. The summed E-state index contributed by atoms with van der Waals surface area (Å²) in [5.41, 5.74) is 1.21. The largest absolute Gasteiger partial charge is 0.466 e. The summed E-state index contributed by atoms with van der Waals surface area (Å²) >= 11 is 0. The van der Waals surface area contributed by atoms with Crippen LogP contribution < -0.4 is 5.32 Å². The zero-order valence-electron chi connectivity index (χ0n) is 9.77. The number of hydrogen-bond acceptors (Lipinski definition) is 5. The SMILES string of the molecule is CCOC(=O)CCCNc1ccnc(C#N)c1. The van der Waals surface area contributed by atoms with Gasteiger partial charge in [-0.1, -0.05) is 0 Å². The fourth-order valence-electron chi connectivity index (χ4n) is 1.30. The lowest BCUT2D eigenvalue weighted by atomic mass is 10.3. The Hall–Kier alpha value is -2.09. The fraction of sp³-hybridized carbons (Fsp3) is 0.417. The van der Waals surface area contributed by atoms with Gasteiger partial charge in [0.2, 0.25) is 0 Å². The van der Waals surface area contributed by atoms with E-state index < -0.39 is 0 Å². The molecule has 0 bridgehead atoms. The van der Waals surface area contributed by atoms with E-state index in [2.05, 4.69) is 10.3 Å². The smallest absolute Gasteiger partial charge is 0.305 e. The molecule has 0 aliphatic heterocycles. The van der Waals surface area contributed by atoms with Crippen molar-refractivity contribution in [3.63, 3.8) is 0 Å². The molecule has 0 saturated heterocycles. The van der Waals surface area contributed by atoms with Crippen molar-refractivity contribution in [2.45, 2.75) is 19.8 Å². The molecule has 1 aromatic rings. The van der Waals surface area contributed by atoms with Crippen LogP contribution in [0.5, 0.6) is 0 Å². The molecule has 0 atom stereocenters. The van der Waals surface area contributed by atoms with Gasteiger partial charge in [0.25, 0.3) is 0 Å². The van der Waals surface area contributed by atoms with Gasteiger partial charge < -0.3 is 10.1 Å². The van der Waals surface area contributed by atoms with E-state index in [4.69, 9.17) is 10.00 Å². The van der Waals surface area contributed by atoms with Crippen LogP contribution in [0.2, 0.25) is 0 Å². The quantitative estimate of drug-likeness (QED) is 0.598. The van der Waals surface area contributed by atoms with Gasteiger partial charge in [-0.05, 0) is 25.5 Å². The van der Waals surface area contributed by atoms with Crippen molar-refractivity contribution in [1.82, 2.24) is 4.98 Å². The molecule has 0 unspecified atom stereocenters. The van der Waals surface area contributed by atoms with E-state index in [1.807, 2.05) is 6.07 Å². The van der Waals surface area contributed by atoms with Gasteiger partial charge in [0.15, 0.2) is 0 Å². The fourth-order valence-corrected chi connectivity index (χ4v) is 1.30. The molecule has 1 N–H and O–H groups in total. The molecule has 0 aliphatic rings. The number of carbonyl (C=O) groups is 1. The van der Waals surface area contributed by atoms with Crippen molar-refractivity contribution in [3.05, 3.63) is 24.0 Å². The molecule has 1 aromatic heterocycles. The second-order valence-electron chi connectivity index (χ2n) is 3.38. The summed E-state index contributed by atoms with van der Waals surface area (Å²) in [6.45, 7) is 2.87. The third kappa shape index (κ3) is 4.98. The minimum absolute atomic E-state index is 0.179. The highest BCUT2D eigenvalue weighted by atomic mass is 16.5. The molecule has 0 amide bonds. The normalized spacial score (nSPS) is 9.41. The first-order chi connectivity index (χ1) is 8.26. The molecule has 0 radical (unpaired) electrons. The topological polar surface area (TPSA) is 75.0 Å². The van der Waals surface area contributed by atoms with Crippen molar-refractivity contribution >= 4 is 11.7 Å². The zero-order chi connectivity index (χ0) is 12.5. The summed E-state index contributed by atoms with van der Waals surface area (Å²) in [5, 5.41) is 11.8.